The van der Waals surface area contributed by atoms with Crippen molar-refractivity contribution in [2.24, 2.45) is 0 Å². The van der Waals surface area contributed by atoms with Crippen molar-refractivity contribution in [1.29, 1.82) is 0 Å². The number of carbonyl (C=O) groups is 2. The van der Waals surface area contributed by atoms with Crippen molar-refractivity contribution in [3.63, 3.8) is 0 Å². The summed E-state index contributed by atoms with van der Waals surface area (Å²) >= 11 is 0. The minimum absolute atomic E-state index is 0.177. The van der Waals surface area contributed by atoms with Gasteiger partial charge in [-0.25, -0.2) is 13.6 Å². The van der Waals surface area contributed by atoms with Crippen LogP contribution in [0.15, 0.2) is 23.6 Å². The van der Waals surface area contributed by atoms with Crippen LogP contribution in [0.1, 0.15) is 34.1 Å². The van der Waals surface area contributed by atoms with Crippen molar-refractivity contribution in [3.05, 3.63) is 23.6 Å². The predicted molar refractivity (Wildman–Crippen MR) is 89.5 cm³/mol. The van der Waals surface area contributed by atoms with Crippen LogP contribution in [-0.4, -0.2) is 49.1 Å². The van der Waals surface area contributed by atoms with Gasteiger partial charge in [0.25, 0.3) is 0 Å². The van der Waals surface area contributed by atoms with Gasteiger partial charge in [0.15, 0.2) is 5.67 Å². The van der Waals surface area contributed by atoms with Crippen LogP contribution in [0, 0.1) is 0 Å². The van der Waals surface area contributed by atoms with Crippen LogP contribution in [0.5, 0.6) is 0 Å². The molecule has 0 heterocycles. The molecule has 0 fully saturated rings. The maximum atomic E-state index is 13.7. The maximum absolute atomic E-state index is 13.7. The summed E-state index contributed by atoms with van der Waals surface area (Å²) in [5.41, 5.74) is -2.65. The summed E-state index contributed by atoms with van der Waals surface area (Å²) in [5, 5.41) is 4.49. The highest BCUT2D eigenvalue weighted by molar-refractivity contribution is 5.86. The summed E-state index contributed by atoms with van der Waals surface area (Å²) in [4.78, 5) is 24.0. The fourth-order valence-corrected chi connectivity index (χ4v) is 2.03. The van der Waals surface area contributed by atoms with Crippen LogP contribution in [0.4, 0.5) is 22.4 Å². The third-order valence-electron chi connectivity index (χ3n) is 3.42. The summed E-state index contributed by atoms with van der Waals surface area (Å²) < 4.78 is 60.9. The van der Waals surface area contributed by atoms with Gasteiger partial charge in [-0.05, 0) is 39.3 Å². The Kier molecular flexibility index (Phi) is 7.82. The Balaban J connectivity index is 2.68. The molecule has 0 saturated carbocycles. The van der Waals surface area contributed by atoms with E-state index in [4.69, 9.17) is 4.74 Å². The molecule has 0 aromatic rings. The number of nitrogens with one attached hydrogen (secondary N) is 2. The number of ether oxygens (including phenoxy) is 2. The summed E-state index contributed by atoms with van der Waals surface area (Å²) in [6.07, 6.45) is 1.18. The number of amides is 2. The molecule has 0 aromatic carbocycles. The van der Waals surface area contributed by atoms with Crippen molar-refractivity contribution < 1.29 is 36.6 Å². The minimum atomic E-state index is -3.14. The fourth-order valence-electron chi connectivity index (χ4n) is 2.03. The van der Waals surface area contributed by atoms with Gasteiger partial charge in [-0.2, -0.15) is 8.78 Å². The Morgan fingerprint density at radius 2 is 1.96 bits per heavy atom. The molecule has 6 nitrogen and oxygen atoms in total. The maximum Gasteiger partial charge on any atom is 0.408 e. The Hall–Kier alpha value is -2.10. The first-order valence-electron chi connectivity index (χ1n) is 8.23. The van der Waals surface area contributed by atoms with E-state index >= 15 is 0 Å². The van der Waals surface area contributed by atoms with Crippen LogP contribution in [0.2, 0.25) is 0 Å². The quantitative estimate of drug-likeness (QED) is 0.649. The number of carbonyl (C=O) groups excluding carboxylic acids is 2. The summed E-state index contributed by atoms with van der Waals surface area (Å²) in [7, 11) is 0. The molecule has 27 heavy (non-hydrogen) atoms. The number of alkyl halides is 3. The topological polar surface area (TPSA) is 76.7 Å². The highest BCUT2D eigenvalue weighted by Crippen LogP contribution is 2.32. The van der Waals surface area contributed by atoms with Crippen molar-refractivity contribution in [2.45, 2.75) is 58.0 Å². The summed E-state index contributed by atoms with van der Waals surface area (Å²) in [6, 6.07) is -1.46. The Labute approximate surface area is 155 Å². The zero-order chi connectivity index (χ0) is 20.8. The molecule has 0 aliphatic heterocycles. The second kappa shape index (κ2) is 9.20. The fraction of sp³-hybridized carbons (Fsp3) is 0.647. The lowest BCUT2D eigenvalue weighted by Gasteiger charge is -2.24. The van der Waals surface area contributed by atoms with Gasteiger partial charge in [0.2, 0.25) is 5.91 Å². The van der Waals surface area contributed by atoms with Crippen molar-refractivity contribution in [3.8, 4) is 0 Å². The van der Waals surface area contributed by atoms with Crippen LogP contribution >= 0.6 is 0 Å². The molecular formula is C17H24F4N2O4. The third kappa shape index (κ3) is 8.42. The van der Waals surface area contributed by atoms with Crippen molar-refractivity contribution >= 4 is 12.0 Å². The molecule has 2 N–H and O–H groups in total. The lowest BCUT2D eigenvalue weighted by atomic mass is 9.94. The van der Waals surface area contributed by atoms with Crippen LogP contribution in [-0.2, 0) is 14.3 Å². The Morgan fingerprint density at radius 1 is 1.33 bits per heavy atom. The van der Waals surface area contributed by atoms with Gasteiger partial charge in [0.1, 0.15) is 17.5 Å². The van der Waals surface area contributed by atoms with Gasteiger partial charge >= 0.3 is 12.7 Å². The van der Waals surface area contributed by atoms with E-state index in [0.29, 0.717) is 5.57 Å². The van der Waals surface area contributed by atoms with Gasteiger partial charge < -0.3 is 20.1 Å². The Morgan fingerprint density at radius 3 is 2.48 bits per heavy atom. The van der Waals surface area contributed by atoms with E-state index in [1.807, 2.05) is 0 Å². The van der Waals surface area contributed by atoms with Gasteiger partial charge in [-0.3, -0.25) is 4.79 Å². The van der Waals surface area contributed by atoms with E-state index in [9.17, 15) is 27.2 Å². The van der Waals surface area contributed by atoms with Crippen molar-refractivity contribution in [2.75, 3.05) is 13.2 Å². The SMILES string of the molecule is CC(C)(C)OC(=O)N[C@H](COC(F)F)C(=O)NCC1=CCC(C)(F)C(F)=C1. The highest BCUT2D eigenvalue weighted by Gasteiger charge is 2.31. The van der Waals surface area contributed by atoms with Crippen molar-refractivity contribution in [1.82, 2.24) is 10.6 Å². The number of rotatable bonds is 7. The lowest BCUT2D eigenvalue weighted by molar-refractivity contribution is -0.143. The number of allylic oxidation sites excluding steroid dienone is 2. The van der Waals surface area contributed by atoms with Crippen LogP contribution in [0.25, 0.3) is 0 Å². The zero-order valence-electron chi connectivity index (χ0n) is 15.6. The monoisotopic (exact) mass is 396 g/mol. The molecule has 1 aliphatic rings. The average molecular weight is 396 g/mol. The molecule has 0 spiro atoms. The molecule has 0 aromatic heterocycles. The predicted octanol–water partition coefficient (Wildman–Crippen LogP) is 3.15. The summed E-state index contributed by atoms with van der Waals surface area (Å²) in [5.74, 6) is -1.82. The molecule has 1 aliphatic carbocycles. The van der Waals surface area contributed by atoms with E-state index in [1.54, 1.807) is 20.8 Å². The van der Waals surface area contributed by atoms with Gasteiger partial charge in [0.05, 0.1) is 6.61 Å². The molecule has 2 atom stereocenters. The zero-order valence-corrected chi connectivity index (χ0v) is 15.6. The van der Waals surface area contributed by atoms with E-state index < -0.39 is 48.4 Å². The number of halogens is 4. The van der Waals surface area contributed by atoms with E-state index in [2.05, 4.69) is 15.4 Å². The first kappa shape index (κ1) is 22.9. The molecular weight excluding hydrogens is 372 g/mol. The smallest absolute Gasteiger partial charge is 0.408 e. The third-order valence-corrected chi connectivity index (χ3v) is 3.42. The van der Waals surface area contributed by atoms with Crippen LogP contribution in [0.3, 0.4) is 0 Å². The first-order valence-corrected chi connectivity index (χ1v) is 8.23. The summed E-state index contributed by atoms with van der Waals surface area (Å²) in [6.45, 7) is 1.75. The van der Waals surface area contributed by atoms with Gasteiger partial charge in [-0.1, -0.05) is 6.08 Å². The van der Waals surface area contributed by atoms with Gasteiger partial charge in [0, 0.05) is 13.0 Å². The average Bonchev–Trinajstić information content (AvgIpc) is 2.50. The molecule has 10 heteroatoms. The minimum Gasteiger partial charge on any atom is -0.444 e. The highest BCUT2D eigenvalue weighted by atomic mass is 19.3. The normalized spacial score (nSPS) is 21.2. The Bertz CT molecular complexity index is 613. The molecule has 2 amide bonds. The van der Waals surface area contributed by atoms with E-state index in [0.717, 1.165) is 13.0 Å². The van der Waals surface area contributed by atoms with Crippen LogP contribution < -0.4 is 10.6 Å². The first-order chi connectivity index (χ1) is 12.3. The van der Waals surface area contributed by atoms with E-state index in [1.165, 1.54) is 6.08 Å². The number of hydrogen-bond donors (Lipinski definition) is 2. The number of hydrogen-bond acceptors (Lipinski definition) is 4. The largest absolute Gasteiger partial charge is 0.444 e. The van der Waals surface area contributed by atoms with Gasteiger partial charge in [-0.15, -0.1) is 0 Å². The standard InChI is InChI=1S/C17H24F4N2O4/c1-16(2,3)27-15(25)23-11(9-26-14(19)20)13(24)22-8-10-5-6-17(4,21)12(18)7-10/h5,7,11,14H,6,8-9H2,1-4H3,(H,22,24)(H,23,25)/t11-,17?/m1/s1. The lowest BCUT2D eigenvalue weighted by Crippen LogP contribution is -2.51. The molecule has 0 radical (unpaired) electrons. The second-order valence-electron chi connectivity index (χ2n) is 7.18. The molecule has 1 rings (SSSR count). The van der Waals surface area contributed by atoms with E-state index in [-0.39, 0.29) is 13.0 Å². The molecule has 0 bridgehead atoms. The second-order valence-corrected chi connectivity index (χ2v) is 7.18. The molecule has 0 saturated heterocycles. The number of alkyl carbamates (subject to hydrolysis) is 1. The molecule has 1 unspecified atom stereocenters. The molecule has 154 valence electrons.